The summed E-state index contributed by atoms with van der Waals surface area (Å²) in [6.07, 6.45) is 5.60. The van der Waals surface area contributed by atoms with E-state index in [1.54, 1.807) is 18.3 Å². The molecule has 0 aliphatic carbocycles. The van der Waals surface area contributed by atoms with Gasteiger partial charge in [-0.25, -0.2) is 8.42 Å². The molecular formula is C18H22N2O3S. The molecule has 0 N–H and O–H groups in total. The van der Waals surface area contributed by atoms with Gasteiger partial charge in [0.05, 0.1) is 6.10 Å². The second-order valence-electron chi connectivity index (χ2n) is 5.92. The van der Waals surface area contributed by atoms with Crippen LogP contribution in [0.4, 0.5) is 0 Å². The van der Waals surface area contributed by atoms with E-state index in [1.807, 2.05) is 18.2 Å². The fourth-order valence-electron chi connectivity index (χ4n) is 2.87. The Balaban J connectivity index is 1.46. The molecule has 1 aliphatic heterocycles. The Hall–Kier alpha value is -1.76. The normalized spacial score (nSPS) is 18.8. The predicted molar refractivity (Wildman–Crippen MR) is 92.1 cm³/mol. The predicted octanol–water partition coefficient (Wildman–Crippen LogP) is 2.49. The largest absolute Gasteiger partial charge is 0.377 e. The Morgan fingerprint density at radius 3 is 2.75 bits per heavy atom. The first-order valence-corrected chi connectivity index (χ1v) is 9.66. The Morgan fingerprint density at radius 2 is 2.00 bits per heavy atom. The van der Waals surface area contributed by atoms with Crippen molar-refractivity contribution in [3.8, 4) is 0 Å². The lowest BCUT2D eigenvalue weighted by atomic mass is 10.1. The molecular weight excluding hydrogens is 324 g/mol. The lowest BCUT2D eigenvalue weighted by molar-refractivity contribution is 0.0621. The van der Waals surface area contributed by atoms with Gasteiger partial charge in [-0.1, -0.05) is 30.3 Å². The highest BCUT2D eigenvalue weighted by Gasteiger charge is 2.32. The molecule has 0 spiro atoms. The maximum atomic E-state index is 12.5. The van der Waals surface area contributed by atoms with Crippen molar-refractivity contribution in [2.45, 2.75) is 30.3 Å². The fourth-order valence-corrected chi connectivity index (χ4v) is 4.32. The lowest BCUT2D eigenvalue weighted by Gasteiger charge is -2.16. The van der Waals surface area contributed by atoms with Crippen molar-refractivity contribution in [1.29, 1.82) is 0 Å². The summed E-state index contributed by atoms with van der Waals surface area (Å²) in [4.78, 5) is 4.14. The molecule has 6 heteroatoms. The molecule has 1 saturated heterocycles. The molecule has 5 nitrogen and oxygen atoms in total. The van der Waals surface area contributed by atoms with Gasteiger partial charge in [0.25, 0.3) is 0 Å². The van der Waals surface area contributed by atoms with Crippen LogP contribution in [0.15, 0.2) is 59.8 Å². The van der Waals surface area contributed by atoms with Crippen LogP contribution < -0.4 is 0 Å². The molecule has 24 heavy (non-hydrogen) atoms. The number of hydrogen-bond donors (Lipinski definition) is 0. The molecule has 2 heterocycles. The SMILES string of the molecule is O=S(=O)(c1cccnc1)N1CCC(OCCCc2ccccc2)C1. The van der Waals surface area contributed by atoms with Crippen molar-refractivity contribution in [3.05, 3.63) is 60.4 Å². The first-order valence-electron chi connectivity index (χ1n) is 8.22. The zero-order chi connectivity index (χ0) is 16.8. The minimum atomic E-state index is -3.45. The first-order chi connectivity index (χ1) is 11.7. The van der Waals surface area contributed by atoms with Gasteiger partial charge < -0.3 is 4.74 Å². The van der Waals surface area contributed by atoms with Crippen molar-refractivity contribution in [2.75, 3.05) is 19.7 Å². The second kappa shape index (κ2) is 7.88. The van der Waals surface area contributed by atoms with Gasteiger partial charge in [-0.3, -0.25) is 4.98 Å². The van der Waals surface area contributed by atoms with Gasteiger partial charge in [0.1, 0.15) is 4.90 Å². The third-order valence-corrected chi connectivity index (χ3v) is 6.03. The van der Waals surface area contributed by atoms with Crippen LogP contribution in [0, 0.1) is 0 Å². The Morgan fingerprint density at radius 1 is 1.17 bits per heavy atom. The van der Waals surface area contributed by atoms with E-state index in [1.165, 1.54) is 16.1 Å². The Labute approximate surface area is 143 Å². The average molecular weight is 346 g/mol. The zero-order valence-electron chi connectivity index (χ0n) is 13.5. The van der Waals surface area contributed by atoms with Crippen LogP contribution in [-0.2, 0) is 21.2 Å². The Bertz CT molecular complexity index is 735. The molecule has 128 valence electrons. The monoisotopic (exact) mass is 346 g/mol. The molecule has 1 aromatic heterocycles. The van der Waals surface area contributed by atoms with Crippen LogP contribution in [0.5, 0.6) is 0 Å². The number of benzene rings is 1. The lowest BCUT2D eigenvalue weighted by Crippen LogP contribution is -2.30. The van der Waals surface area contributed by atoms with Gasteiger partial charge >= 0.3 is 0 Å². The van der Waals surface area contributed by atoms with Crippen LogP contribution in [0.2, 0.25) is 0 Å². The third-order valence-electron chi connectivity index (χ3n) is 4.19. The summed E-state index contributed by atoms with van der Waals surface area (Å²) in [5.41, 5.74) is 1.30. The van der Waals surface area contributed by atoms with Crippen molar-refractivity contribution < 1.29 is 13.2 Å². The number of nitrogens with zero attached hydrogens (tertiary/aromatic N) is 2. The molecule has 0 saturated carbocycles. The van der Waals surface area contributed by atoms with Crippen LogP contribution in [0.1, 0.15) is 18.4 Å². The molecule has 1 aromatic carbocycles. The van der Waals surface area contributed by atoms with Crippen molar-refractivity contribution >= 4 is 10.0 Å². The van der Waals surface area contributed by atoms with Gasteiger partial charge in [0, 0.05) is 32.1 Å². The molecule has 1 atom stereocenters. The summed E-state index contributed by atoms with van der Waals surface area (Å²) in [5.74, 6) is 0. The minimum absolute atomic E-state index is 0.0211. The molecule has 1 unspecified atom stereocenters. The number of sulfonamides is 1. The quantitative estimate of drug-likeness (QED) is 0.723. The van der Waals surface area contributed by atoms with E-state index in [2.05, 4.69) is 17.1 Å². The standard InChI is InChI=1S/C18H22N2O3S/c21-24(22,18-9-4-11-19-14-18)20-12-10-17(15-20)23-13-5-8-16-6-2-1-3-7-16/h1-4,6-7,9,11,14,17H,5,8,10,12-13,15H2. The van der Waals surface area contributed by atoms with E-state index in [4.69, 9.17) is 4.74 Å². The van der Waals surface area contributed by atoms with Crippen LogP contribution in [0.25, 0.3) is 0 Å². The summed E-state index contributed by atoms with van der Waals surface area (Å²) in [6, 6.07) is 13.5. The van der Waals surface area contributed by atoms with E-state index in [-0.39, 0.29) is 11.0 Å². The average Bonchev–Trinajstić information content (AvgIpc) is 3.10. The summed E-state index contributed by atoms with van der Waals surface area (Å²) in [7, 11) is -3.45. The van der Waals surface area contributed by atoms with E-state index >= 15 is 0 Å². The van der Waals surface area contributed by atoms with Crippen LogP contribution >= 0.6 is 0 Å². The first kappa shape index (κ1) is 17.1. The minimum Gasteiger partial charge on any atom is -0.377 e. The van der Waals surface area contributed by atoms with Crippen molar-refractivity contribution in [2.24, 2.45) is 0 Å². The Kier molecular flexibility index (Phi) is 5.60. The highest BCUT2D eigenvalue weighted by molar-refractivity contribution is 7.89. The topological polar surface area (TPSA) is 59.5 Å². The number of ether oxygens (including phenoxy) is 1. The van der Waals surface area contributed by atoms with Gasteiger partial charge in [-0.05, 0) is 37.0 Å². The molecule has 1 fully saturated rings. The van der Waals surface area contributed by atoms with Gasteiger partial charge in [-0.15, -0.1) is 0 Å². The fraction of sp³-hybridized carbons (Fsp3) is 0.389. The number of pyridine rings is 1. The smallest absolute Gasteiger partial charge is 0.244 e. The van der Waals surface area contributed by atoms with E-state index in [9.17, 15) is 8.42 Å². The maximum Gasteiger partial charge on any atom is 0.244 e. The molecule has 0 amide bonds. The molecule has 1 aliphatic rings. The van der Waals surface area contributed by atoms with Crippen molar-refractivity contribution in [3.63, 3.8) is 0 Å². The molecule has 3 rings (SSSR count). The highest BCUT2D eigenvalue weighted by atomic mass is 32.2. The summed E-state index contributed by atoms with van der Waals surface area (Å²) < 4.78 is 32.4. The number of aryl methyl sites for hydroxylation is 1. The zero-order valence-corrected chi connectivity index (χ0v) is 14.4. The molecule has 2 aromatic rings. The van der Waals surface area contributed by atoms with E-state index < -0.39 is 10.0 Å². The van der Waals surface area contributed by atoms with Crippen LogP contribution in [0.3, 0.4) is 0 Å². The summed E-state index contributed by atoms with van der Waals surface area (Å²) in [6.45, 7) is 1.57. The number of aromatic nitrogens is 1. The van der Waals surface area contributed by atoms with Gasteiger partial charge in [-0.2, -0.15) is 4.31 Å². The van der Waals surface area contributed by atoms with Gasteiger partial charge in [0.2, 0.25) is 10.0 Å². The summed E-state index contributed by atoms with van der Waals surface area (Å²) >= 11 is 0. The molecule has 0 bridgehead atoms. The third kappa shape index (κ3) is 4.20. The molecule has 0 radical (unpaired) electrons. The van der Waals surface area contributed by atoms with Gasteiger partial charge in [0.15, 0.2) is 0 Å². The van der Waals surface area contributed by atoms with Crippen LogP contribution in [-0.4, -0.2) is 43.5 Å². The summed E-state index contributed by atoms with van der Waals surface area (Å²) in [5, 5.41) is 0. The number of hydrogen-bond acceptors (Lipinski definition) is 4. The van der Waals surface area contributed by atoms with E-state index in [0.29, 0.717) is 19.7 Å². The highest BCUT2D eigenvalue weighted by Crippen LogP contribution is 2.22. The second-order valence-corrected chi connectivity index (χ2v) is 7.86. The maximum absolute atomic E-state index is 12.5. The van der Waals surface area contributed by atoms with E-state index in [0.717, 1.165) is 19.3 Å². The van der Waals surface area contributed by atoms with Crippen molar-refractivity contribution in [1.82, 2.24) is 9.29 Å². The number of rotatable bonds is 7.